The van der Waals surface area contributed by atoms with Crippen LogP contribution in [0.4, 0.5) is 0 Å². The first kappa shape index (κ1) is 17.4. The molecule has 6 heteroatoms. The second-order valence-electron chi connectivity index (χ2n) is 6.05. The fourth-order valence-corrected chi connectivity index (χ4v) is 2.87. The van der Waals surface area contributed by atoms with Crippen LogP contribution in [-0.2, 0) is 16.6 Å². The standard InChI is InChI=1S/C20H19N3O3/c1-13-18(11-15-9-10-17(25)12-19(15)21-14(2)24)20(26)23(22(13)3)16-7-5-4-6-8-16/h4-12H,1-3H3,(H,21,24)/b15-11+. The molecule has 0 aliphatic heterocycles. The van der Waals surface area contributed by atoms with Gasteiger partial charge in [0.15, 0.2) is 5.78 Å². The molecule has 0 radical (unpaired) electrons. The Hall–Kier alpha value is -3.41. The molecule has 1 aromatic carbocycles. The highest BCUT2D eigenvalue weighted by molar-refractivity contribution is 6.03. The fourth-order valence-electron chi connectivity index (χ4n) is 2.87. The molecule has 0 bridgehead atoms. The van der Waals surface area contributed by atoms with Crippen LogP contribution >= 0.6 is 0 Å². The molecule has 1 heterocycles. The van der Waals surface area contributed by atoms with Crippen LogP contribution < -0.4 is 10.9 Å². The summed E-state index contributed by atoms with van der Waals surface area (Å²) in [5, 5.41) is 2.64. The Morgan fingerprint density at radius 1 is 1.12 bits per heavy atom. The number of para-hydroxylation sites is 1. The molecule has 1 amide bonds. The van der Waals surface area contributed by atoms with Gasteiger partial charge >= 0.3 is 0 Å². The summed E-state index contributed by atoms with van der Waals surface area (Å²) in [6.07, 6.45) is 6.06. The summed E-state index contributed by atoms with van der Waals surface area (Å²) in [4.78, 5) is 36.0. The van der Waals surface area contributed by atoms with Crippen molar-refractivity contribution in [3.05, 3.63) is 81.4 Å². The van der Waals surface area contributed by atoms with Crippen LogP contribution in [-0.4, -0.2) is 21.1 Å². The summed E-state index contributed by atoms with van der Waals surface area (Å²) in [6, 6.07) is 9.35. The summed E-state index contributed by atoms with van der Waals surface area (Å²) in [6.45, 7) is 3.23. The van der Waals surface area contributed by atoms with Crippen molar-refractivity contribution in [2.45, 2.75) is 13.8 Å². The Labute approximate surface area is 150 Å². The van der Waals surface area contributed by atoms with Gasteiger partial charge in [-0.3, -0.25) is 19.1 Å². The van der Waals surface area contributed by atoms with Crippen molar-refractivity contribution in [2.75, 3.05) is 0 Å². The summed E-state index contributed by atoms with van der Waals surface area (Å²) in [7, 11) is 1.82. The van der Waals surface area contributed by atoms with Gasteiger partial charge in [0.1, 0.15) is 0 Å². The maximum Gasteiger partial charge on any atom is 0.278 e. The molecule has 6 nitrogen and oxygen atoms in total. The maximum atomic E-state index is 13.0. The summed E-state index contributed by atoms with van der Waals surface area (Å²) in [5.41, 5.74) is 2.86. The van der Waals surface area contributed by atoms with E-state index in [1.807, 2.05) is 44.3 Å². The second-order valence-corrected chi connectivity index (χ2v) is 6.05. The number of ketones is 1. The summed E-state index contributed by atoms with van der Waals surface area (Å²) in [5.74, 6) is -0.492. The number of carbonyl (C=O) groups is 2. The normalized spacial score (nSPS) is 15.3. The summed E-state index contributed by atoms with van der Waals surface area (Å²) < 4.78 is 3.37. The number of carbonyl (C=O) groups excluding carboxylic acids is 2. The zero-order chi connectivity index (χ0) is 18.8. The third-order valence-corrected chi connectivity index (χ3v) is 4.23. The van der Waals surface area contributed by atoms with E-state index in [2.05, 4.69) is 5.32 Å². The van der Waals surface area contributed by atoms with E-state index in [-0.39, 0.29) is 17.2 Å². The molecule has 1 aliphatic carbocycles. The smallest absolute Gasteiger partial charge is 0.278 e. The minimum absolute atomic E-state index is 0.170. The fraction of sp³-hybridized carbons (Fsp3) is 0.150. The Morgan fingerprint density at radius 3 is 2.46 bits per heavy atom. The lowest BCUT2D eigenvalue weighted by atomic mass is 10.0. The molecule has 0 unspecified atom stereocenters. The van der Waals surface area contributed by atoms with Gasteiger partial charge in [0, 0.05) is 25.7 Å². The van der Waals surface area contributed by atoms with Gasteiger partial charge in [0.25, 0.3) is 5.56 Å². The van der Waals surface area contributed by atoms with Gasteiger partial charge in [-0.1, -0.05) is 18.2 Å². The van der Waals surface area contributed by atoms with E-state index < -0.39 is 0 Å². The molecular weight excluding hydrogens is 330 g/mol. The highest BCUT2D eigenvalue weighted by Gasteiger charge is 2.17. The number of benzene rings is 1. The van der Waals surface area contributed by atoms with E-state index in [0.717, 1.165) is 11.4 Å². The Morgan fingerprint density at radius 2 is 1.81 bits per heavy atom. The SMILES string of the molecule is CC(=O)NC1=CC(=O)C=C/C1=C\c1c(C)n(C)n(-c2ccccc2)c1=O. The van der Waals surface area contributed by atoms with E-state index >= 15 is 0 Å². The van der Waals surface area contributed by atoms with Crippen LogP contribution in [0.25, 0.3) is 11.8 Å². The van der Waals surface area contributed by atoms with Crippen LogP contribution in [0.2, 0.25) is 0 Å². The zero-order valence-electron chi connectivity index (χ0n) is 14.8. The molecule has 2 aromatic rings. The lowest BCUT2D eigenvalue weighted by Gasteiger charge is -2.12. The Kier molecular flexibility index (Phi) is 4.58. The van der Waals surface area contributed by atoms with Crippen molar-refractivity contribution in [1.82, 2.24) is 14.7 Å². The Balaban J connectivity index is 2.13. The van der Waals surface area contributed by atoms with Crippen molar-refractivity contribution >= 4 is 17.8 Å². The van der Waals surface area contributed by atoms with Crippen molar-refractivity contribution in [2.24, 2.45) is 7.05 Å². The van der Waals surface area contributed by atoms with E-state index in [0.29, 0.717) is 16.8 Å². The van der Waals surface area contributed by atoms with Gasteiger partial charge in [-0.2, -0.15) is 0 Å². The quantitative estimate of drug-likeness (QED) is 0.921. The van der Waals surface area contributed by atoms with Gasteiger partial charge in [-0.15, -0.1) is 0 Å². The third kappa shape index (κ3) is 3.21. The number of rotatable bonds is 3. The monoisotopic (exact) mass is 349 g/mol. The molecule has 0 saturated heterocycles. The number of hydrogen-bond acceptors (Lipinski definition) is 3. The summed E-state index contributed by atoms with van der Waals surface area (Å²) >= 11 is 0. The zero-order valence-corrected chi connectivity index (χ0v) is 14.8. The lowest BCUT2D eigenvalue weighted by molar-refractivity contribution is -0.118. The van der Waals surface area contributed by atoms with Crippen molar-refractivity contribution in [1.29, 1.82) is 0 Å². The van der Waals surface area contributed by atoms with Crippen molar-refractivity contribution in [3.63, 3.8) is 0 Å². The van der Waals surface area contributed by atoms with Crippen molar-refractivity contribution in [3.8, 4) is 5.69 Å². The topological polar surface area (TPSA) is 73.1 Å². The number of nitrogens with zero attached hydrogens (tertiary/aromatic N) is 2. The van der Waals surface area contributed by atoms with E-state index in [1.54, 1.807) is 21.5 Å². The molecule has 1 N–H and O–H groups in total. The largest absolute Gasteiger partial charge is 0.326 e. The minimum Gasteiger partial charge on any atom is -0.326 e. The molecule has 1 aliphatic rings. The first-order chi connectivity index (χ1) is 12.4. The van der Waals surface area contributed by atoms with Crippen LogP contribution in [0.3, 0.4) is 0 Å². The minimum atomic E-state index is -0.281. The van der Waals surface area contributed by atoms with E-state index in [9.17, 15) is 14.4 Å². The molecule has 0 fully saturated rings. The molecular formula is C20H19N3O3. The molecule has 0 saturated carbocycles. The predicted molar refractivity (Wildman–Crippen MR) is 99.8 cm³/mol. The van der Waals surface area contributed by atoms with Gasteiger partial charge in [-0.25, -0.2) is 4.68 Å². The highest BCUT2D eigenvalue weighted by atomic mass is 16.1. The number of nitrogens with one attached hydrogen (secondary N) is 1. The van der Waals surface area contributed by atoms with Crippen LogP contribution in [0.15, 0.2) is 64.6 Å². The first-order valence-corrected chi connectivity index (χ1v) is 8.16. The van der Waals surface area contributed by atoms with Crippen LogP contribution in [0.1, 0.15) is 18.2 Å². The first-order valence-electron chi connectivity index (χ1n) is 8.16. The van der Waals surface area contributed by atoms with Gasteiger partial charge in [-0.05, 0) is 42.9 Å². The molecule has 3 rings (SSSR count). The average molecular weight is 349 g/mol. The van der Waals surface area contributed by atoms with E-state index in [4.69, 9.17) is 0 Å². The van der Waals surface area contributed by atoms with Gasteiger partial charge in [0.2, 0.25) is 5.91 Å². The maximum absolute atomic E-state index is 13.0. The molecule has 0 spiro atoms. The number of amides is 1. The van der Waals surface area contributed by atoms with E-state index in [1.165, 1.54) is 19.1 Å². The number of hydrogen-bond donors (Lipinski definition) is 1. The lowest BCUT2D eigenvalue weighted by Crippen LogP contribution is -2.23. The predicted octanol–water partition coefficient (Wildman–Crippen LogP) is 2.03. The Bertz CT molecular complexity index is 1030. The van der Waals surface area contributed by atoms with Crippen LogP contribution in [0, 0.1) is 6.92 Å². The number of aromatic nitrogens is 2. The number of allylic oxidation sites excluding steroid dienone is 3. The molecule has 0 atom stereocenters. The second kappa shape index (κ2) is 6.84. The molecule has 1 aromatic heterocycles. The van der Waals surface area contributed by atoms with Gasteiger partial charge < -0.3 is 5.32 Å². The van der Waals surface area contributed by atoms with Crippen molar-refractivity contribution < 1.29 is 9.59 Å². The molecule has 26 heavy (non-hydrogen) atoms. The third-order valence-electron chi connectivity index (χ3n) is 4.23. The van der Waals surface area contributed by atoms with Crippen LogP contribution in [0.5, 0.6) is 0 Å². The highest BCUT2D eigenvalue weighted by Crippen LogP contribution is 2.19. The average Bonchev–Trinajstić information content (AvgIpc) is 2.81. The molecule has 132 valence electrons. The van der Waals surface area contributed by atoms with Gasteiger partial charge in [0.05, 0.1) is 16.9 Å².